The lowest BCUT2D eigenvalue weighted by molar-refractivity contribution is -0.151. The molecule has 2 aromatic rings. The molecule has 1 fully saturated rings. The van der Waals surface area contributed by atoms with Gasteiger partial charge in [-0.1, -0.05) is 6.07 Å². The average molecular weight is 424 g/mol. The number of imide groups is 2. The highest BCUT2D eigenvalue weighted by Crippen LogP contribution is 2.46. The Kier molecular flexibility index (Phi) is 3.99. The van der Waals surface area contributed by atoms with Crippen molar-refractivity contribution in [3.63, 3.8) is 0 Å². The maximum atomic E-state index is 12.5. The number of hydrogen-bond donors (Lipinski definition) is 4. The van der Waals surface area contributed by atoms with Crippen molar-refractivity contribution >= 4 is 34.8 Å². The Morgan fingerprint density at radius 3 is 2.35 bits per heavy atom. The van der Waals surface area contributed by atoms with E-state index in [0.717, 1.165) is 0 Å². The Morgan fingerprint density at radius 1 is 1.04 bits per heavy atom. The van der Waals surface area contributed by atoms with Crippen LogP contribution in [0.1, 0.15) is 17.0 Å². The molecule has 2 aliphatic rings. The van der Waals surface area contributed by atoms with Gasteiger partial charge in [0.15, 0.2) is 0 Å². The summed E-state index contributed by atoms with van der Waals surface area (Å²) in [7, 11) is 0. The molecule has 0 saturated carbocycles. The van der Waals surface area contributed by atoms with E-state index in [1.165, 1.54) is 12.4 Å². The molecule has 1 saturated heterocycles. The van der Waals surface area contributed by atoms with Gasteiger partial charge in [0, 0.05) is 12.4 Å². The highest BCUT2D eigenvalue weighted by molar-refractivity contribution is 8.93. The van der Waals surface area contributed by atoms with E-state index in [9.17, 15) is 24.0 Å². The monoisotopic (exact) mass is 423 g/mol. The van der Waals surface area contributed by atoms with Crippen LogP contribution in [0.25, 0.3) is 0 Å². The Morgan fingerprint density at radius 2 is 1.73 bits per heavy atom. The number of hydrogen-bond acceptors (Lipinski definition) is 7. The van der Waals surface area contributed by atoms with Crippen molar-refractivity contribution in [1.29, 1.82) is 0 Å². The van der Waals surface area contributed by atoms with E-state index in [-0.39, 0.29) is 28.4 Å². The quantitative estimate of drug-likeness (QED) is 0.412. The van der Waals surface area contributed by atoms with Gasteiger partial charge in [-0.15, -0.1) is 17.0 Å². The molecule has 0 bridgehead atoms. The number of fused-ring (bicyclic) bond motifs is 1. The second-order valence-electron chi connectivity index (χ2n) is 5.45. The fraction of sp³-hybridized carbons (Fsp3) is 0.143. The van der Waals surface area contributed by atoms with Gasteiger partial charge < -0.3 is 4.74 Å². The Bertz CT molecular complexity index is 1030. The first-order valence-electron chi connectivity index (χ1n) is 7.06. The van der Waals surface area contributed by atoms with Crippen LogP contribution in [-0.4, -0.2) is 38.4 Å². The molecule has 0 aliphatic carbocycles. The lowest BCUT2D eigenvalue weighted by Gasteiger charge is -2.33. The highest BCUT2D eigenvalue weighted by atomic mass is 79.9. The number of halogens is 1. The fourth-order valence-electron chi connectivity index (χ4n) is 3.07. The second kappa shape index (κ2) is 5.91. The molecule has 134 valence electrons. The molecule has 4 rings (SSSR count). The van der Waals surface area contributed by atoms with E-state index < -0.39 is 40.6 Å². The van der Waals surface area contributed by atoms with Gasteiger partial charge in [-0.2, -0.15) is 0 Å². The van der Waals surface area contributed by atoms with Crippen LogP contribution in [0.5, 0.6) is 5.88 Å². The van der Waals surface area contributed by atoms with Crippen molar-refractivity contribution in [2.45, 2.75) is 11.5 Å². The molecular weight excluding hydrogens is 414 g/mol. The van der Waals surface area contributed by atoms with Crippen molar-refractivity contribution in [2.24, 2.45) is 0 Å². The molecule has 4 amide bonds. The summed E-state index contributed by atoms with van der Waals surface area (Å²) in [4.78, 5) is 68.5. The normalized spacial score (nSPS) is 19.8. The van der Waals surface area contributed by atoms with Gasteiger partial charge in [0.1, 0.15) is 0 Å². The number of nitrogens with one attached hydrogen (secondary N) is 4. The molecule has 26 heavy (non-hydrogen) atoms. The summed E-state index contributed by atoms with van der Waals surface area (Å²) in [5, 5.41) is 3.90. The molecule has 12 heteroatoms. The highest BCUT2D eigenvalue weighted by Gasteiger charge is 2.64. The van der Waals surface area contributed by atoms with Gasteiger partial charge in [0.25, 0.3) is 23.0 Å². The number of carbonyl (C=O) groups excluding carboxylic acids is 3. The first-order chi connectivity index (χ1) is 11.9. The van der Waals surface area contributed by atoms with Crippen LogP contribution in [0.15, 0.2) is 34.1 Å². The van der Waals surface area contributed by atoms with Crippen molar-refractivity contribution in [2.75, 3.05) is 0 Å². The lowest BCUT2D eigenvalue weighted by atomic mass is 9.78. The molecule has 1 spiro atoms. The summed E-state index contributed by atoms with van der Waals surface area (Å²) in [6, 6.07) is 2.08. The fourth-order valence-corrected chi connectivity index (χ4v) is 3.07. The second-order valence-corrected chi connectivity index (χ2v) is 5.45. The number of nitrogens with zero attached hydrogens (tertiary/aromatic N) is 1. The van der Waals surface area contributed by atoms with Gasteiger partial charge in [0.05, 0.1) is 11.5 Å². The van der Waals surface area contributed by atoms with E-state index in [1.54, 1.807) is 12.1 Å². The van der Waals surface area contributed by atoms with E-state index in [4.69, 9.17) is 4.74 Å². The number of pyridine rings is 1. The van der Waals surface area contributed by atoms with Crippen LogP contribution in [0.3, 0.4) is 0 Å². The van der Waals surface area contributed by atoms with Crippen LogP contribution in [-0.2, 0) is 9.59 Å². The molecule has 2 aliphatic heterocycles. The van der Waals surface area contributed by atoms with Gasteiger partial charge in [-0.25, -0.2) is 9.59 Å². The SMILES string of the molecule is Br.O=C1NC(=O)C2(Oc3[nH]c(=O)[nH]c(=O)c3C2c2cccnc2)C(=O)N1. The molecule has 2 aromatic heterocycles. The Labute approximate surface area is 153 Å². The maximum absolute atomic E-state index is 12.5. The molecule has 4 heterocycles. The maximum Gasteiger partial charge on any atom is 0.328 e. The number of barbiturate groups is 1. The number of aromatic amines is 2. The number of ether oxygens (including phenoxy) is 1. The zero-order valence-electron chi connectivity index (χ0n) is 12.7. The average Bonchev–Trinajstić information content (AvgIpc) is 2.90. The van der Waals surface area contributed by atoms with E-state index >= 15 is 0 Å². The summed E-state index contributed by atoms with van der Waals surface area (Å²) in [5.74, 6) is -3.63. The third-order valence-electron chi connectivity index (χ3n) is 4.05. The van der Waals surface area contributed by atoms with Crippen LogP contribution in [0.4, 0.5) is 4.79 Å². The minimum Gasteiger partial charge on any atom is -0.451 e. The summed E-state index contributed by atoms with van der Waals surface area (Å²) >= 11 is 0. The van der Waals surface area contributed by atoms with E-state index in [0.29, 0.717) is 5.56 Å². The summed E-state index contributed by atoms with van der Waals surface area (Å²) in [5.41, 5.74) is -3.75. The third-order valence-corrected chi connectivity index (χ3v) is 4.05. The number of rotatable bonds is 1. The van der Waals surface area contributed by atoms with Gasteiger partial charge >= 0.3 is 11.7 Å². The first kappa shape index (κ1) is 17.5. The summed E-state index contributed by atoms with van der Waals surface area (Å²) in [6.45, 7) is 0. The summed E-state index contributed by atoms with van der Waals surface area (Å²) in [6.07, 6.45) is 2.82. The largest absolute Gasteiger partial charge is 0.451 e. The zero-order valence-corrected chi connectivity index (χ0v) is 14.4. The van der Waals surface area contributed by atoms with Crippen molar-refractivity contribution in [3.8, 4) is 5.88 Å². The van der Waals surface area contributed by atoms with Crippen molar-refractivity contribution in [3.05, 3.63) is 56.5 Å². The number of H-pyrrole nitrogens is 2. The van der Waals surface area contributed by atoms with E-state index in [1.807, 2.05) is 15.6 Å². The molecule has 0 radical (unpaired) electrons. The molecule has 11 nitrogen and oxygen atoms in total. The minimum absolute atomic E-state index is 0. The topological polar surface area (TPSA) is 163 Å². The van der Waals surface area contributed by atoms with Gasteiger partial charge in [-0.3, -0.25) is 40.0 Å². The number of carbonyl (C=O) groups is 3. The molecule has 1 unspecified atom stereocenters. The number of aromatic nitrogens is 3. The predicted molar refractivity (Wildman–Crippen MR) is 89.1 cm³/mol. The standard InChI is InChI=1S/C14H9N5O6.BrH/c20-8-6-7(5-2-1-3-15-4-5)14(25-9(6)17-12(23)16-8)10(21)18-13(24)19-11(14)22;/h1-4,7H,(H2,16,17,20,23)(H2,18,19,21,22,24);1H. The predicted octanol–water partition coefficient (Wildman–Crippen LogP) is -1.33. The van der Waals surface area contributed by atoms with Crippen LogP contribution >= 0.6 is 17.0 Å². The zero-order chi connectivity index (χ0) is 17.8. The first-order valence-corrected chi connectivity index (χ1v) is 7.06. The minimum atomic E-state index is -2.27. The van der Waals surface area contributed by atoms with Gasteiger partial charge in [0.2, 0.25) is 5.88 Å². The Hall–Kier alpha value is -3.28. The van der Waals surface area contributed by atoms with Crippen LogP contribution < -0.4 is 26.6 Å². The van der Waals surface area contributed by atoms with Crippen molar-refractivity contribution in [1.82, 2.24) is 25.6 Å². The lowest BCUT2D eigenvalue weighted by Crippen LogP contribution is -2.70. The van der Waals surface area contributed by atoms with Gasteiger partial charge in [-0.05, 0) is 11.6 Å². The Balaban J connectivity index is 0.00000196. The van der Waals surface area contributed by atoms with Crippen LogP contribution in [0, 0.1) is 0 Å². The smallest absolute Gasteiger partial charge is 0.328 e. The molecule has 0 aromatic carbocycles. The molecule has 4 N–H and O–H groups in total. The van der Waals surface area contributed by atoms with Crippen LogP contribution in [0.2, 0.25) is 0 Å². The van der Waals surface area contributed by atoms with E-state index in [2.05, 4.69) is 9.97 Å². The molecule has 1 atom stereocenters. The number of amides is 4. The third kappa shape index (κ3) is 2.26. The molecular formula is C14H10BrN5O6. The van der Waals surface area contributed by atoms with Crippen molar-refractivity contribution < 1.29 is 19.1 Å². The number of urea groups is 1. The summed E-state index contributed by atoms with van der Waals surface area (Å²) < 4.78 is 5.46.